The molecule has 21 heavy (non-hydrogen) atoms. The van der Waals surface area contributed by atoms with Gasteiger partial charge in [-0.15, -0.1) is 0 Å². The number of benzene rings is 1. The molecule has 2 aromatic rings. The predicted molar refractivity (Wildman–Crippen MR) is 82.3 cm³/mol. The Morgan fingerprint density at radius 3 is 2.62 bits per heavy atom. The molecule has 5 nitrogen and oxygen atoms in total. The Hall–Kier alpha value is -1.82. The number of likely N-dealkylation sites (tertiary alicyclic amines) is 1. The van der Waals surface area contributed by atoms with E-state index in [-0.39, 0.29) is 11.8 Å². The number of carboxylic acids is 1. The van der Waals surface area contributed by atoms with E-state index in [4.69, 9.17) is 5.11 Å². The van der Waals surface area contributed by atoms with Crippen molar-refractivity contribution in [3.05, 3.63) is 34.4 Å². The van der Waals surface area contributed by atoms with Gasteiger partial charge in [-0.2, -0.15) is 0 Å². The number of hydrogen-bond donors (Lipinski definition) is 2. The largest absolute Gasteiger partial charge is 0.481 e. The minimum absolute atomic E-state index is 0.0637. The van der Waals surface area contributed by atoms with E-state index in [9.17, 15) is 9.59 Å². The number of fused-ring (bicyclic) bond motifs is 1. The van der Waals surface area contributed by atoms with Crippen LogP contribution < -0.4 is 0 Å². The van der Waals surface area contributed by atoms with Gasteiger partial charge in [0, 0.05) is 28.5 Å². The number of nitrogens with zero attached hydrogens (tertiary/aromatic N) is 1. The van der Waals surface area contributed by atoms with Crippen LogP contribution in [0.3, 0.4) is 0 Å². The zero-order chi connectivity index (χ0) is 15.0. The molecule has 1 aliphatic heterocycles. The van der Waals surface area contributed by atoms with E-state index in [0.29, 0.717) is 31.6 Å². The second kappa shape index (κ2) is 5.52. The smallest absolute Gasteiger partial charge is 0.306 e. The maximum absolute atomic E-state index is 12.5. The number of rotatable bonds is 2. The molecule has 0 spiro atoms. The van der Waals surface area contributed by atoms with Crippen molar-refractivity contribution in [2.45, 2.75) is 12.8 Å². The molecule has 1 aromatic heterocycles. The Bertz CT molecular complexity index is 702. The molecule has 1 aromatic carbocycles. The predicted octanol–water partition coefficient (Wildman–Crippen LogP) is 2.87. The summed E-state index contributed by atoms with van der Waals surface area (Å²) in [5, 5.41) is 9.98. The van der Waals surface area contributed by atoms with Crippen LogP contribution in [0.2, 0.25) is 0 Å². The molecule has 0 aliphatic carbocycles. The molecule has 1 fully saturated rings. The molecule has 3 rings (SSSR count). The van der Waals surface area contributed by atoms with Crippen molar-refractivity contribution >= 4 is 38.7 Å². The van der Waals surface area contributed by atoms with Gasteiger partial charge in [0.1, 0.15) is 5.69 Å². The molecule has 0 bridgehead atoms. The van der Waals surface area contributed by atoms with Crippen LogP contribution in [0.25, 0.3) is 10.9 Å². The quantitative estimate of drug-likeness (QED) is 0.874. The third-order valence-corrected chi connectivity index (χ3v) is 4.44. The van der Waals surface area contributed by atoms with Crippen molar-refractivity contribution in [2.24, 2.45) is 5.92 Å². The summed E-state index contributed by atoms with van der Waals surface area (Å²) in [4.78, 5) is 28.3. The first kappa shape index (κ1) is 14.1. The molecule has 0 unspecified atom stereocenters. The van der Waals surface area contributed by atoms with E-state index in [1.807, 2.05) is 24.3 Å². The van der Waals surface area contributed by atoms with Crippen LogP contribution in [-0.4, -0.2) is 40.0 Å². The molecule has 1 amide bonds. The molecule has 0 atom stereocenters. The van der Waals surface area contributed by atoms with Gasteiger partial charge < -0.3 is 15.0 Å². The number of aromatic nitrogens is 1. The molecule has 1 saturated heterocycles. The fourth-order valence-electron chi connectivity index (χ4n) is 2.71. The maximum Gasteiger partial charge on any atom is 0.306 e. The standard InChI is InChI=1S/C15H15BrN2O3/c16-11-2-1-10-7-13(17-12(10)8-11)14(19)18-5-3-9(4-6-18)15(20)21/h1-2,7-9,17H,3-6H2,(H,20,21). The van der Waals surface area contributed by atoms with Gasteiger partial charge in [-0.05, 0) is 31.0 Å². The van der Waals surface area contributed by atoms with Crippen molar-refractivity contribution in [2.75, 3.05) is 13.1 Å². The summed E-state index contributed by atoms with van der Waals surface area (Å²) in [5.41, 5.74) is 1.46. The van der Waals surface area contributed by atoms with Crippen LogP contribution in [0, 0.1) is 5.92 Å². The third kappa shape index (κ3) is 2.81. The minimum Gasteiger partial charge on any atom is -0.481 e. The summed E-state index contributed by atoms with van der Waals surface area (Å²) in [6.45, 7) is 0.990. The number of hydrogen-bond acceptors (Lipinski definition) is 2. The lowest BCUT2D eigenvalue weighted by Crippen LogP contribution is -2.40. The van der Waals surface area contributed by atoms with Gasteiger partial charge in [-0.25, -0.2) is 0 Å². The Morgan fingerprint density at radius 1 is 1.24 bits per heavy atom. The normalized spacial score (nSPS) is 16.3. The summed E-state index contributed by atoms with van der Waals surface area (Å²) in [5.74, 6) is -1.16. The highest BCUT2D eigenvalue weighted by Crippen LogP contribution is 2.23. The molecule has 6 heteroatoms. The first-order chi connectivity index (χ1) is 10.0. The van der Waals surface area contributed by atoms with Gasteiger partial charge in [0.05, 0.1) is 5.92 Å². The zero-order valence-electron chi connectivity index (χ0n) is 11.3. The number of halogens is 1. The highest BCUT2D eigenvalue weighted by atomic mass is 79.9. The van der Waals surface area contributed by atoms with Crippen molar-refractivity contribution in [3.63, 3.8) is 0 Å². The Balaban J connectivity index is 1.76. The third-order valence-electron chi connectivity index (χ3n) is 3.95. The van der Waals surface area contributed by atoms with Crippen LogP contribution in [0.4, 0.5) is 0 Å². The number of piperidine rings is 1. The fraction of sp³-hybridized carbons (Fsp3) is 0.333. The van der Waals surface area contributed by atoms with Crippen molar-refractivity contribution in [1.82, 2.24) is 9.88 Å². The van der Waals surface area contributed by atoms with Crippen LogP contribution >= 0.6 is 15.9 Å². The lowest BCUT2D eigenvalue weighted by atomic mass is 9.97. The van der Waals surface area contributed by atoms with Crippen LogP contribution in [0.5, 0.6) is 0 Å². The maximum atomic E-state index is 12.5. The van der Waals surface area contributed by atoms with E-state index in [2.05, 4.69) is 20.9 Å². The van der Waals surface area contributed by atoms with Crippen molar-refractivity contribution in [1.29, 1.82) is 0 Å². The van der Waals surface area contributed by atoms with Crippen molar-refractivity contribution < 1.29 is 14.7 Å². The Labute approximate surface area is 130 Å². The molecule has 2 N–H and O–H groups in total. The number of carbonyl (C=O) groups excluding carboxylic acids is 1. The Morgan fingerprint density at radius 2 is 1.95 bits per heavy atom. The van der Waals surface area contributed by atoms with Gasteiger partial charge in [0.2, 0.25) is 0 Å². The number of nitrogens with one attached hydrogen (secondary N) is 1. The highest BCUT2D eigenvalue weighted by Gasteiger charge is 2.28. The van der Waals surface area contributed by atoms with Gasteiger partial charge in [-0.1, -0.05) is 22.0 Å². The summed E-state index contributed by atoms with van der Waals surface area (Å²) in [7, 11) is 0. The second-order valence-corrected chi connectivity index (χ2v) is 6.23. The number of carbonyl (C=O) groups is 2. The molecule has 0 radical (unpaired) electrons. The SMILES string of the molecule is O=C(O)C1CCN(C(=O)c2cc3ccc(Br)cc3[nH]2)CC1. The minimum atomic E-state index is -0.766. The number of aliphatic carboxylic acids is 1. The van der Waals surface area contributed by atoms with Crippen LogP contribution in [0.1, 0.15) is 23.3 Å². The number of aromatic amines is 1. The topological polar surface area (TPSA) is 73.4 Å². The van der Waals surface area contributed by atoms with Crippen LogP contribution in [-0.2, 0) is 4.79 Å². The number of H-pyrrole nitrogens is 1. The molecule has 2 heterocycles. The molecule has 1 aliphatic rings. The molecular weight excluding hydrogens is 336 g/mol. The van der Waals surface area contributed by atoms with E-state index >= 15 is 0 Å². The second-order valence-electron chi connectivity index (χ2n) is 5.32. The van der Waals surface area contributed by atoms with Gasteiger partial charge >= 0.3 is 5.97 Å². The average Bonchev–Trinajstić information content (AvgIpc) is 2.89. The summed E-state index contributed by atoms with van der Waals surface area (Å²) < 4.78 is 0.957. The van der Waals surface area contributed by atoms with Gasteiger partial charge in [-0.3, -0.25) is 9.59 Å². The number of carboxylic acid groups (broad SMARTS) is 1. The first-order valence-electron chi connectivity index (χ1n) is 6.85. The Kier molecular flexibility index (Phi) is 3.71. The monoisotopic (exact) mass is 350 g/mol. The van der Waals surface area contributed by atoms with E-state index in [1.54, 1.807) is 4.90 Å². The van der Waals surface area contributed by atoms with E-state index < -0.39 is 5.97 Å². The first-order valence-corrected chi connectivity index (χ1v) is 7.64. The summed E-state index contributed by atoms with van der Waals surface area (Å²) >= 11 is 3.40. The molecular formula is C15H15BrN2O3. The van der Waals surface area contributed by atoms with E-state index in [1.165, 1.54) is 0 Å². The summed E-state index contributed by atoms with van der Waals surface area (Å²) in [6.07, 6.45) is 1.04. The van der Waals surface area contributed by atoms with Gasteiger partial charge in [0.15, 0.2) is 0 Å². The lowest BCUT2D eigenvalue weighted by Gasteiger charge is -2.29. The van der Waals surface area contributed by atoms with Crippen LogP contribution in [0.15, 0.2) is 28.7 Å². The van der Waals surface area contributed by atoms with E-state index in [0.717, 1.165) is 15.4 Å². The molecule has 0 saturated carbocycles. The zero-order valence-corrected chi connectivity index (χ0v) is 12.9. The average molecular weight is 351 g/mol. The highest BCUT2D eigenvalue weighted by molar-refractivity contribution is 9.10. The fourth-order valence-corrected chi connectivity index (χ4v) is 3.08. The molecule has 110 valence electrons. The van der Waals surface area contributed by atoms with Gasteiger partial charge in [0.25, 0.3) is 5.91 Å². The summed E-state index contributed by atoms with van der Waals surface area (Å²) in [6, 6.07) is 7.66. The van der Waals surface area contributed by atoms with Crippen molar-refractivity contribution in [3.8, 4) is 0 Å². The number of amides is 1. The lowest BCUT2D eigenvalue weighted by molar-refractivity contribution is -0.143.